The van der Waals surface area contributed by atoms with Crippen LogP contribution in [0.4, 0.5) is 4.79 Å². The number of amides is 3. The molecule has 3 amide bonds. The van der Waals surface area contributed by atoms with Crippen LogP contribution >= 0.6 is 0 Å². The lowest BCUT2D eigenvalue weighted by Gasteiger charge is -2.43. The van der Waals surface area contributed by atoms with E-state index < -0.39 is 11.5 Å². The van der Waals surface area contributed by atoms with Crippen molar-refractivity contribution in [1.29, 1.82) is 0 Å². The first-order valence-electron chi connectivity index (χ1n) is 9.53. The van der Waals surface area contributed by atoms with Crippen molar-refractivity contribution in [3.63, 3.8) is 0 Å². The van der Waals surface area contributed by atoms with Crippen LogP contribution in [0.25, 0.3) is 0 Å². The van der Waals surface area contributed by atoms with Crippen molar-refractivity contribution in [3.8, 4) is 0 Å². The average Bonchev–Trinajstić information content (AvgIpc) is 3.07. The van der Waals surface area contributed by atoms with Crippen LogP contribution in [0.5, 0.6) is 0 Å². The van der Waals surface area contributed by atoms with Gasteiger partial charge in [-0.1, -0.05) is 30.3 Å². The minimum absolute atomic E-state index is 0.130. The van der Waals surface area contributed by atoms with E-state index in [9.17, 15) is 14.4 Å². The minimum atomic E-state index is -0.560. The molecule has 1 aromatic carbocycles. The van der Waals surface area contributed by atoms with Crippen LogP contribution in [0.15, 0.2) is 30.3 Å². The Kier molecular flexibility index (Phi) is 4.86. The van der Waals surface area contributed by atoms with E-state index in [1.807, 2.05) is 35.2 Å². The number of cyclic esters (lactones) is 1. The van der Waals surface area contributed by atoms with Gasteiger partial charge in [0.15, 0.2) is 6.61 Å². The molecule has 7 nitrogen and oxygen atoms in total. The number of hydrogen-bond donors (Lipinski definition) is 0. The molecule has 4 rings (SSSR count). The number of carbonyl (C=O) groups excluding carboxylic acids is 3. The smallest absolute Gasteiger partial charge is 0.417 e. The molecule has 3 aliphatic heterocycles. The summed E-state index contributed by atoms with van der Waals surface area (Å²) in [5.41, 5.74) is 0.494. The third-order valence-corrected chi connectivity index (χ3v) is 5.98. The predicted octanol–water partition coefficient (Wildman–Crippen LogP) is 1.70. The molecule has 0 aliphatic carbocycles. The minimum Gasteiger partial charge on any atom is -0.439 e. The summed E-state index contributed by atoms with van der Waals surface area (Å²) in [6, 6.07) is 9.76. The lowest BCUT2D eigenvalue weighted by Crippen LogP contribution is -2.54. The molecular formula is C20H24N2O5. The summed E-state index contributed by atoms with van der Waals surface area (Å²) in [6.07, 6.45) is 1.97. The van der Waals surface area contributed by atoms with Crippen molar-refractivity contribution in [2.45, 2.75) is 37.1 Å². The molecule has 0 N–H and O–H groups in total. The number of benzene rings is 1. The Bertz CT molecular complexity index is 705. The van der Waals surface area contributed by atoms with Gasteiger partial charge in [0.25, 0.3) is 5.91 Å². The van der Waals surface area contributed by atoms with E-state index in [0.717, 1.165) is 5.56 Å². The molecule has 144 valence electrons. The largest absolute Gasteiger partial charge is 0.439 e. The highest BCUT2D eigenvalue weighted by molar-refractivity contribution is 5.98. The number of ether oxygens (including phenoxy) is 2. The van der Waals surface area contributed by atoms with Gasteiger partial charge in [-0.05, 0) is 31.2 Å². The van der Waals surface area contributed by atoms with E-state index in [0.29, 0.717) is 52.0 Å². The Morgan fingerprint density at radius 2 is 1.70 bits per heavy atom. The van der Waals surface area contributed by atoms with Gasteiger partial charge in [-0.2, -0.15) is 0 Å². The fourth-order valence-electron chi connectivity index (χ4n) is 4.45. The quantitative estimate of drug-likeness (QED) is 0.807. The molecular weight excluding hydrogens is 348 g/mol. The number of carbonyl (C=O) groups is 3. The molecule has 0 unspecified atom stereocenters. The highest BCUT2D eigenvalue weighted by Gasteiger charge is 2.46. The van der Waals surface area contributed by atoms with Gasteiger partial charge in [-0.25, -0.2) is 9.69 Å². The monoisotopic (exact) mass is 372 g/mol. The van der Waals surface area contributed by atoms with Gasteiger partial charge in [0.05, 0.1) is 5.41 Å². The number of likely N-dealkylation sites (tertiary alicyclic amines) is 1. The average molecular weight is 372 g/mol. The van der Waals surface area contributed by atoms with Crippen LogP contribution in [0.3, 0.4) is 0 Å². The normalized spacial score (nSPS) is 23.4. The molecule has 3 saturated heterocycles. The summed E-state index contributed by atoms with van der Waals surface area (Å²) < 4.78 is 10.3. The zero-order chi connectivity index (χ0) is 18.9. The van der Waals surface area contributed by atoms with Gasteiger partial charge in [-0.3, -0.25) is 9.59 Å². The summed E-state index contributed by atoms with van der Waals surface area (Å²) in [4.78, 5) is 40.3. The summed E-state index contributed by atoms with van der Waals surface area (Å²) >= 11 is 0. The number of imide groups is 1. The number of piperidine rings is 1. The molecule has 1 aromatic rings. The first kappa shape index (κ1) is 18.0. The highest BCUT2D eigenvalue weighted by atomic mass is 16.6. The molecule has 0 radical (unpaired) electrons. The number of rotatable bonds is 3. The van der Waals surface area contributed by atoms with E-state index >= 15 is 0 Å². The van der Waals surface area contributed by atoms with E-state index in [1.165, 1.54) is 4.90 Å². The maximum absolute atomic E-state index is 13.5. The molecule has 0 spiro atoms. The standard InChI is InChI=1S/C20H24N2O5/c23-17-14-27-19(25)22(17)16-6-10-21(11-7-16)18(24)20(8-12-26-13-9-20)15-4-2-1-3-5-15/h1-5,16H,6-14H2. The fourth-order valence-corrected chi connectivity index (χ4v) is 4.45. The highest BCUT2D eigenvalue weighted by Crippen LogP contribution is 2.37. The molecule has 0 atom stereocenters. The molecule has 27 heavy (non-hydrogen) atoms. The molecule has 0 bridgehead atoms. The van der Waals surface area contributed by atoms with Crippen molar-refractivity contribution in [1.82, 2.24) is 9.80 Å². The SMILES string of the molecule is O=C1COC(=O)N1C1CCN(C(=O)C2(c3ccccc3)CCOCC2)CC1. The second kappa shape index (κ2) is 7.31. The Morgan fingerprint density at radius 1 is 1.04 bits per heavy atom. The van der Waals surface area contributed by atoms with E-state index in [4.69, 9.17) is 9.47 Å². The number of nitrogens with zero attached hydrogens (tertiary/aromatic N) is 2. The van der Waals surface area contributed by atoms with Crippen LogP contribution in [0.2, 0.25) is 0 Å². The number of hydrogen-bond acceptors (Lipinski definition) is 5. The van der Waals surface area contributed by atoms with Gasteiger partial charge >= 0.3 is 6.09 Å². The second-order valence-corrected chi connectivity index (χ2v) is 7.40. The van der Waals surface area contributed by atoms with Crippen LogP contribution in [0, 0.1) is 0 Å². The van der Waals surface area contributed by atoms with Gasteiger partial charge in [0.1, 0.15) is 0 Å². The summed E-state index contributed by atoms with van der Waals surface area (Å²) in [6.45, 7) is 2.05. The Balaban J connectivity index is 1.49. The first-order chi connectivity index (χ1) is 13.1. The van der Waals surface area contributed by atoms with Crippen molar-refractivity contribution in [2.24, 2.45) is 0 Å². The van der Waals surface area contributed by atoms with Crippen LogP contribution < -0.4 is 0 Å². The van der Waals surface area contributed by atoms with Crippen molar-refractivity contribution >= 4 is 17.9 Å². The zero-order valence-electron chi connectivity index (χ0n) is 15.3. The van der Waals surface area contributed by atoms with Crippen molar-refractivity contribution < 1.29 is 23.9 Å². The van der Waals surface area contributed by atoms with Crippen LogP contribution in [-0.2, 0) is 24.5 Å². The van der Waals surface area contributed by atoms with E-state index in [2.05, 4.69) is 0 Å². The van der Waals surface area contributed by atoms with Gasteiger partial charge in [0, 0.05) is 32.3 Å². The van der Waals surface area contributed by atoms with Gasteiger partial charge < -0.3 is 14.4 Å². The lowest BCUT2D eigenvalue weighted by molar-refractivity contribution is -0.143. The molecule has 0 saturated carbocycles. The molecule has 7 heteroatoms. The first-order valence-corrected chi connectivity index (χ1v) is 9.53. The van der Waals surface area contributed by atoms with Crippen molar-refractivity contribution in [3.05, 3.63) is 35.9 Å². The summed E-state index contributed by atoms with van der Waals surface area (Å²) in [5.74, 6) is -0.152. The Labute approximate surface area is 158 Å². The molecule has 3 aliphatic rings. The van der Waals surface area contributed by atoms with Gasteiger partial charge in [-0.15, -0.1) is 0 Å². The summed E-state index contributed by atoms with van der Waals surface area (Å²) in [5, 5.41) is 0. The third-order valence-electron chi connectivity index (χ3n) is 5.98. The zero-order valence-corrected chi connectivity index (χ0v) is 15.3. The molecule has 3 heterocycles. The predicted molar refractivity (Wildman–Crippen MR) is 96.0 cm³/mol. The maximum Gasteiger partial charge on any atom is 0.417 e. The molecule has 3 fully saturated rings. The maximum atomic E-state index is 13.5. The third kappa shape index (κ3) is 3.20. The Morgan fingerprint density at radius 3 is 2.30 bits per heavy atom. The van der Waals surface area contributed by atoms with E-state index in [1.54, 1.807) is 0 Å². The Hall–Kier alpha value is -2.41. The lowest BCUT2D eigenvalue weighted by atomic mass is 9.72. The topological polar surface area (TPSA) is 76.2 Å². The van der Waals surface area contributed by atoms with E-state index in [-0.39, 0.29) is 24.5 Å². The fraction of sp³-hybridized carbons (Fsp3) is 0.550. The van der Waals surface area contributed by atoms with Gasteiger partial charge in [0.2, 0.25) is 5.91 Å². The van der Waals surface area contributed by atoms with Crippen LogP contribution in [0.1, 0.15) is 31.2 Å². The van der Waals surface area contributed by atoms with Crippen LogP contribution in [-0.4, -0.2) is 66.7 Å². The second-order valence-electron chi connectivity index (χ2n) is 7.40. The summed E-state index contributed by atoms with van der Waals surface area (Å²) in [7, 11) is 0. The molecule has 0 aromatic heterocycles. The van der Waals surface area contributed by atoms with Crippen molar-refractivity contribution in [2.75, 3.05) is 32.9 Å².